The molecular weight excluding hydrogens is 347 g/mol. The number of carbonyl (C=O) groups excluding carboxylic acids is 1. The largest absolute Gasteiger partial charge is 0.353 e. The summed E-state index contributed by atoms with van der Waals surface area (Å²) in [5.41, 5.74) is 0.613. The standard InChI is InChI=1S/C16H21FN4OS2/c1-4-6-10(2)18-14(22)11(3)23-16-21-20-15(24-16)19-13-8-5-7-12(17)9-13/h5,7-11H,4,6H2,1-3H3,(H,18,22)(H,19,20). The molecule has 2 N–H and O–H groups in total. The first-order valence-corrected chi connectivity index (χ1v) is 9.50. The van der Waals surface area contributed by atoms with Gasteiger partial charge in [-0.25, -0.2) is 4.39 Å². The zero-order valence-corrected chi connectivity index (χ0v) is 15.5. The van der Waals surface area contributed by atoms with Gasteiger partial charge in [0.25, 0.3) is 0 Å². The molecule has 24 heavy (non-hydrogen) atoms. The summed E-state index contributed by atoms with van der Waals surface area (Å²) in [7, 11) is 0. The second-order valence-corrected chi connectivity index (χ2v) is 8.03. The fourth-order valence-corrected chi connectivity index (χ4v) is 3.99. The van der Waals surface area contributed by atoms with Crippen molar-refractivity contribution in [3.8, 4) is 0 Å². The molecule has 2 atom stereocenters. The quantitative estimate of drug-likeness (QED) is 0.683. The molecule has 0 radical (unpaired) electrons. The SMILES string of the molecule is CCCC(C)NC(=O)C(C)Sc1nnc(Nc2cccc(F)c2)s1. The maximum atomic E-state index is 13.2. The van der Waals surface area contributed by atoms with Gasteiger partial charge >= 0.3 is 0 Å². The number of thioether (sulfide) groups is 1. The van der Waals surface area contributed by atoms with E-state index >= 15 is 0 Å². The number of nitrogens with zero attached hydrogens (tertiary/aromatic N) is 2. The van der Waals surface area contributed by atoms with Gasteiger partial charge in [0.2, 0.25) is 11.0 Å². The predicted octanol–water partition coefficient (Wildman–Crippen LogP) is 4.21. The number of hydrogen-bond donors (Lipinski definition) is 2. The van der Waals surface area contributed by atoms with Crippen LogP contribution in [0.1, 0.15) is 33.6 Å². The third-order valence-corrected chi connectivity index (χ3v) is 5.26. The first-order valence-electron chi connectivity index (χ1n) is 7.81. The Morgan fingerprint density at radius 3 is 2.88 bits per heavy atom. The molecular formula is C16H21FN4OS2. The van der Waals surface area contributed by atoms with E-state index in [2.05, 4.69) is 27.8 Å². The van der Waals surface area contributed by atoms with Crippen LogP contribution in [-0.4, -0.2) is 27.4 Å². The maximum Gasteiger partial charge on any atom is 0.233 e. The number of hydrogen-bond acceptors (Lipinski definition) is 6. The molecule has 5 nitrogen and oxygen atoms in total. The molecule has 2 rings (SSSR count). The average Bonchev–Trinajstić information content (AvgIpc) is 2.94. The molecule has 1 aromatic heterocycles. The van der Waals surface area contributed by atoms with E-state index in [1.807, 2.05) is 13.8 Å². The Bertz CT molecular complexity index is 680. The van der Waals surface area contributed by atoms with Crippen molar-refractivity contribution in [2.45, 2.75) is 49.2 Å². The number of amides is 1. The van der Waals surface area contributed by atoms with E-state index in [1.165, 1.54) is 35.2 Å². The monoisotopic (exact) mass is 368 g/mol. The maximum absolute atomic E-state index is 13.2. The predicted molar refractivity (Wildman–Crippen MR) is 97.4 cm³/mol. The second kappa shape index (κ2) is 8.98. The van der Waals surface area contributed by atoms with Crippen LogP contribution in [-0.2, 0) is 4.79 Å². The molecule has 1 amide bonds. The molecule has 0 saturated heterocycles. The number of nitrogens with one attached hydrogen (secondary N) is 2. The Morgan fingerprint density at radius 2 is 2.17 bits per heavy atom. The van der Waals surface area contributed by atoms with Crippen molar-refractivity contribution in [1.29, 1.82) is 0 Å². The van der Waals surface area contributed by atoms with Crippen molar-refractivity contribution in [2.24, 2.45) is 0 Å². The summed E-state index contributed by atoms with van der Waals surface area (Å²) in [6, 6.07) is 6.32. The fraction of sp³-hybridized carbons (Fsp3) is 0.438. The molecule has 8 heteroatoms. The van der Waals surface area contributed by atoms with Crippen LogP contribution in [0.25, 0.3) is 0 Å². The number of rotatable bonds is 8. The minimum atomic E-state index is -0.314. The summed E-state index contributed by atoms with van der Waals surface area (Å²) in [6.45, 7) is 5.94. The van der Waals surface area contributed by atoms with Crippen LogP contribution >= 0.6 is 23.1 Å². The van der Waals surface area contributed by atoms with Crippen LogP contribution in [0, 0.1) is 5.82 Å². The smallest absolute Gasteiger partial charge is 0.233 e. The van der Waals surface area contributed by atoms with Crippen LogP contribution in [0.15, 0.2) is 28.6 Å². The van der Waals surface area contributed by atoms with Gasteiger partial charge in [0.05, 0.1) is 5.25 Å². The van der Waals surface area contributed by atoms with Crippen LogP contribution < -0.4 is 10.6 Å². The number of halogens is 1. The zero-order chi connectivity index (χ0) is 17.5. The highest BCUT2D eigenvalue weighted by molar-refractivity contribution is 8.02. The number of carbonyl (C=O) groups is 1. The Balaban J connectivity index is 1.89. The number of anilines is 2. The van der Waals surface area contributed by atoms with E-state index in [-0.39, 0.29) is 23.0 Å². The van der Waals surface area contributed by atoms with Gasteiger partial charge in [-0.1, -0.05) is 42.5 Å². The highest BCUT2D eigenvalue weighted by atomic mass is 32.2. The summed E-state index contributed by atoms with van der Waals surface area (Å²) in [6.07, 6.45) is 2.00. The van der Waals surface area contributed by atoms with Gasteiger partial charge in [0, 0.05) is 11.7 Å². The molecule has 0 spiro atoms. The fourth-order valence-electron chi connectivity index (χ4n) is 2.07. The van der Waals surface area contributed by atoms with E-state index in [0.717, 1.165) is 12.8 Å². The first-order chi connectivity index (χ1) is 11.5. The van der Waals surface area contributed by atoms with Gasteiger partial charge in [-0.15, -0.1) is 10.2 Å². The first kappa shape index (κ1) is 18.7. The van der Waals surface area contributed by atoms with Crippen molar-refractivity contribution in [2.75, 3.05) is 5.32 Å². The third-order valence-electron chi connectivity index (χ3n) is 3.24. The lowest BCUT2D eigenvalue weighted by atomic mass is 10.2. The topological polar surface area (TPSA) is 66.9 Å². The summed E-state index contributed by atoms with van der Waals surface area (Å²) < 4.78 is 13.9. The molecule has 2 unspecified atom stereocenters. The van der Waals surface area contributed by atoms with E-state index in [0.29, 0.717) is 15.2 Å². The molecule has 0 saturated carbocycles. The van der Waals surface area contributed by atoms with Crippen LogP contribution in [0.3, 0.4) is 0 Å². The van der Waals surface area contributed by atoms with E-state index < -0.39 is 0 Å². The highest BCUT2D eigenvalue weighted by Gasteiger charge is 2.18. The molecule has 1 heterocycles. The van der Waals surface area contributed by atoms with Crippen LogP contribution in [0.5, 0.6) is 0 Å². The van der Waals surface area contributed by atoms with Crippen LogP contribution in [0.4, 0.5) is 15.2 Å². The molecule has 0 aliphatic carbocycles. The van der Waals surface area contributed by atoms with Crippen molar-refractivity contribution in [3.05, 3.63) is 30.1 Å². The van der Waals surface area contributed by atoms with Gasteiger partial charge in [-0.05, 0) is 38.5 Å². The zero-order valence-electron chi connectivity index (χ0n) is 13.9. The van der Waals surface area contributed by atoms with Crippen molar-refractivity contribution in [1.82, 2.24) is 15.5 Å². The minimum Gasteiger partial charge on any atom is -0.353 e. The lowest BCUT2D eigenvalue weighted by molar-refractivity contribution is -0.120. The molecule has 0 aliphatic heterocycles. The Labute approximate surface area is 149 Å². The number of aromatic nitrogens is 2. The molecule has 130 valence electrons. The second-order valence-electron chi connectivity index (χ2n) is 5.47. The summed E-state index contributed by atoms with van der Waals surface area (Å²) in [5.74, 6) is -0.318. The Morgan fingerprint density at radius 1 is 1.38 bits per heavy atom. The van der Waals surface area contributed by atoms with Gasteiger partial charge in [0.15, 0.2) is 4.34 Å². The number of benzene rings is 1. The minimum absolute atomic E-state index is 0.00390. The van der Waals surface area contributed by atoms with E-state index in [9.17, 15) is 9.18 Å². The van der Waals surface area contributed by atoms with Crippen molar-refractivity contribution < 1.29 is 9.18 Å². The summed E-state index contributed by atoms with van der Waals surface area (Å²) >= 11 is 2.70. The molecule has 0 bridgehead atoms. The van der Waals surface area contributed by atoms with E-state index in [1.54, 1.807) is 12.1 Å². The highest BCUT2D eigenvalue weighted by Crippen LogP contribution is 2.30. The lowest BCUT2D eigenvalue weighted by Crippen LogP contribution is -2.37. The van der Waals surface area contributed by atoms with E-state index in [4.69, 9.17) is 0 Å². The lowest BCUT2D eigenvalue weighted by Gasteiger charge is -2.15. The van der Waals surface area contributed by atoms with Crippen molar-refractivity contribution >= 4 is 39.8 Å². The molecule has 2 aromatic rings. The van der Waals surface area contributed by atoms with Gasteiger partial charge in [-0.3, -0.25) is 4.79 Å². The average molecular weight is 369 g/mol. The normalized spacial score (nSPS) is 13.3. The van der Waals surface area contributed by atoms with Crippen LogP contribution in [0.2, 0.25) is 0 Å². The van der Waals surface area contributed by atoms with Crippen molar-refractivity contribution in [3.63, 3.8) is 0 Å². The molecule has 1 aromatic carbocycles. The molecule has 0 aliphatic rings. The van der Waals surface area contributed by atoms with Gasteiger partial charge in [0.1, 0.15) is 5.82 Å². The molecule has 0 fully saturated rings. The Hall–Kier alpha value is -1.67. The van der Waals surface area contributed by atoms with Gasteiger partial charge in [-0.2, -0.15) is 0 Å². The third kappa shape index (κ3) is 5.76. The van der Waals surface area contributed by atoms with Gasteiger partial charge < -0.3 is 10.6 Å². The Kier molecular flexibility index (Phi) is 6.99. The summed E-state index contributed by atoms with van der Waals surface area (Å²) in [4.78, 5) is 12.1. The summed E-state index contributed by atoms with van der Waals surface area (Å²) in [5, 5.41) is 14.4.